The largest absolute Gasteiger partial charge is 0.418 e. The van der Waals surface area contributed by atoms with Gasteiger partial charge in [0.25, 0.3) is 0 Å². The predicted molar refractivity (Wildman–Crippen MR) is 83.9 cm³/mol. The molecule has 0 bridgehead atoms. The lowest BCUT2D eigenvalue weighted by molar-refractivity contribution is -0.137. The Morgan fingerprint density at radius 2 is 2.00 bits per heavy atom. The summed E-state index contributed by atoms with van der Waals surface area (Å²) in [5.74, 6) is 0.645. The van der Waals surface area contributed by atoms with Gasteiger partial charge in [0.1, 0.15) is 0 Å². The number of hydrogen-bond donors (Lipinski definition) is 0. The minimum Gasteiger partial charge on any atom is -0.371 e. The summed E-state index contributed by atoms with van der Waals surface area (Å²) < 4.78 is 40.0. The molecule has 21 heavy (non-hydrogen) atoms. The molecule has 1 aliphatic heterocycles. The van der Waals surface area contributed by atoms with Crippen LogP contribution in [0, 0.1) is 5.92 Å². The highest BCUT2D eigenvalue weighted by atomic mass is 79.9. The van der Waals surface area contributed by atoms with E-state index in [2.05, 4.69) is 22.9 Å². The van der Waals surface area contributed by atoms with Crippen LogP contribution in [0.3, 0.4) is 0 Å². The normalized spacial score (nSPS) is 20.4. The summed E-state index contributed by atoms with van der Waals surface area (Å²) in [4.78, 5) is 1.91. The maximum absolute atomic E-state index is 13.3. The molecule has 5 heteroatoms. The van der Waals surface area contributed by atoms with E-state index in [1.165, 1.54) is 6.07 Å². The molecule has 0 amide bonds. The van der Waals surface area contributed by atoms with E-state index >= 15 is 0 Å². The zero-order valence-corrected chi connectivity index (χ0v) is 13.8. The van der Waals surface area contributed by atoms with Gasteiger partial charge in [-0.05, 0) is 42.9 Å². The molecule has 1 saturated heterocycles. The summed E-state index contributed by atoms with van der Waals surface area (Å²) in [6, 6.07) is 4.68. The van der Waals surface area contributed by atoms with E-state index in [-0.39, 0.29) is 0 Å². The molecular weight excluding hydrogens is 343 g/mol. The maximum atomic E-state index is 13.3. The van der Waals surface area contributed by atoms with E-state index in [1.54, 1.807) is 12.1 Å². The third kappa shape index (κ3) is 4.15. The second-order valence-corrected chi connectivity index (χ2v) is 6.24. The first kappa shape index (κ1) is 16.7. The number of alkyl halides is 4. The number of hydrogen-bond acceptors (Lipinski definition) is 1. The Bertz CT molecular complexity index is 473. The summed E-state index contributed by atoms with van der Waals surface area (Å²) in [5, 5.41) is 0.439. The number of rotatable bonds is 3. The molecule has 1 nitrogen and oxygen atoms in total. The summed E-state index contributed by atoms with van der Waals surface area (Å²) in [6.45, 7) is 3.59. The van der Waals surface area contributed by atoms with Crippen LogP contribution in [0.2, 0.25) is 0 Å². The molecule has 0 spiro atoms. The van der Waals surface area contributed by atoms with E-state index < -0.39 is 11.7 Å². The zero-order chi connectivity index (χ0) is 15.5. The Morgan fingerprint density at radius 3 is 2.62 bits per heavy atom. The summed E-state index contributed by atoms with van der Waals surface area (Å²) in [6.07, 6.45) is -0.121. The van der Waals surface area contributed by atoms with Crippen molar-refractivity contribution < 1.29 is 13.2 Å². The summed E-state index contributed by atoms with van der Waals surface area (Å²) in [7, 11) is 0. The predicted octanol–water partition coefficient (Wildman–Crippen LogP) is 5.62. The van der Waals surface area contributed by atoms with Gasteiger partial charge in [-0.3, -0.25) is 0 Å². The molecule has 1 atom stereocenters. The monoisotopic (exact) mass is 363 g/mol. The van der Waals surface area contributed by atoms with E-state index in [0.717, 1.165) is 32.2 Å². The van der Waals surface area contributed by atoms with Crippen LogP contribution in [-0.4, -0.2) is 13.1 Å². The van der Waals surface area contributed by atoms with E-state index in [1.807, 2.05) is 4.90 Å². The Morgan fingerprint density at radius 1 is 1.24 bits per heavy atom. The van der Waals surface area contributed by atoms with Crippen molar-refractivity contribution in [2.24, 2.45) is 5.92 Å². The van der Waals surface area contributed by atoms with Crippen molar-refractivity contribution in [3.63, 3.8) is 0 Å². The molecule has 0 aromatic heterocycles. The summed E-state index contributed by atoms with van der Waals surface area (Å²) >= 11 is 3.23. The van der Waals surface area contributed by atoms with Gasteiger partial charge in [-0.2, -0.15) is 13.2 Å². The lowest BCUT2D eigenvalue weighted by Crippen LogP contribution is -2.27. The maximum Gasteiger partial charge on any atom is 0.418 e. The van der Waals surface area contributed by atoms with Gasteiger partial charge in [0.2, 0.25) is 0 Å². The van der Waals surface area contributed by atoms with Crippen molar-refractivity contribution in [3.8, 4) is 0 Å². The van der Waals surface area contributed by atoms with Gasteiger partial charge in [-0.15, -0.1) is 0 Å². The zero-order valence-electron chi connectivity index (χ0n) is 12.2. The van der Waals surface area contributed by atoms with Crippen molar-refractivity contribution >= 4 is 21.6 Å². The van der Waals surface area contributed by atoms with Crippen molar-refractivity contribution in [3.05, 3.63) is 29.3 Å². The van der Waals surface area contributed by atoms with Crippen LogP contribution >= 0.6 is 15.9 Å². The molecule has 1 fully saturated rings. The third-order valence-electron chi connectivity index (χ3n) is 4.29. The fraction of sp³-hybridized carbons (Fsp3) is 0.625. The fourth-order valence-electron chi connectivity index (χ4n) is 2.98. The van der Waals surface area contributed by atoms with Crippen LogP contribution in [-0.2, 0) is 11.5 Å². The van der Waals surface area contributed by atoms with Gasteiger partial charge in [0, 0.05) is 24.1 Å². The molecular formula is C16H21BrF3N. The van der Waals surface area contributed by atoms with Crippen LogP contribution in [0.4, 0.5) is 18.9 Å². The summed E-state index contributed by atoms with van der Waals surface area (Å²) in [5.41, 5.74) is 0.491. The van der Waals surface area contributed by atoms with Crippen LogP contribution in [0.1, 0.15) is 43.7 Å². The standard InChI is InChI=1S/C16H21BrF3N/c1-2-12-4-3-8-21(9-7-12)15-6-5-13(11-17)10-14(15)16(18,19)20/h5-6,10,12H,2-4,7-9,11H2,1H3. The Kier molecular flexibility index (Phi) is 5.58. The highest BCUT2D eigenvalue weighted by Crippen LogP contribution is 2.38. The number of halogens is 4. The first-order chi connectivity index (χ1) is 9.95. The molecule has 0 aliphatic carbocycles. The number of anilines is 1. The molecule has 0 saturated carbocycles. The molecule has 1 aliphatic rings. The van der Waals surface area contributed by atoms with Gasteiger partial charge >= 0.3 is 6.18 Å². The molecule has 0 radical (unpaired) electrons. The molecule has 1 aromatic rings. The number of nitrogens with zero attached hydrogens (tertiary/aromatic N) is 1. The third-order valence-corrected chi connectivity index (χ3v) is 4.93. The second-order valence-electron chi connectivity index (χ2n) is 5.68. The van der Waals surface area contributed by atoms with Crippen LogP contribution < -0.4 is 4.90 Å². The highest BCUT2D eigenvalue weighted by Gasteiger charge is 2.35. The lowest BCUT2D eigenvalue weighted by Gasteiger charge is -2.27. The minimum atomic E-state index is -4.30. The average molecular weight is 364 g/mol. The molecule has 1 unspecified atom stereocenters. The van der Waals surface area contributed by atoms with Crippen LogP contribution in [0.5, 0.6) is 0 Å². The average Bonchev–Trinajstić information content (AvgIpc) is 2.71. The Balaban J connectivity index is 2.30. The van der Waals surface area contributed by atoms with Gasteiger partial charge in [0.15, 0.2) is 0 Å². The topological polar surface area (TPSA) is 3.24 Å². The van der Waals surface area contributed by atoms with Crippen LogP contribution in [0.25, 0.3) is 0 Å². The lowest BCUT2D eigenvalue weighted by atomic mass is 9.98. The Hall–Kier alpha value is -0.710. The van der Waals surface area contributed by atoms with Crippen molar-refractivity contribution in [2.45, 2.75) is 44.1 Å². The first-order valence-electron chi connectivity index (χ1n) is 7.46. The number of benzene rings is 1. The molecule has 1 heterocycles. The Labute approximate surface area is 132 Å². The SMILES string of the molecule is CCC1CCCN(c2ccc(CBr)cc2C(F)(F)F)CC1. The van der Waals surface area contributed by atoms with Gasteiger partial charge < -0.3 is 4.90 Å². The van der Waals surface area contributed by atoms with Crippen molar-refractivity contribution in [2.75, 3.05) is 18.0 Å². The molecule has 2 rings (SSSR count). The quantitative estimate of drug-likeness (QED) is 0.630. The smallest absolute Gasteiger partial charge is 0.371 e. The fourth-order valence-corrected chi connectivity index (χ4v) is 3.33. The first-order valence-corrected chi connectivity index (χ1v) is 8.59. The van der Waals surface area contributed by atoms with Gasteiger partial charge in [0.05, 0.1) is 5.56 Å². The van der Waals surface area contributed by atoms with E-state index in [9.17, 15) is 13.2 Å². The molecule has 0 N–H and O–H groups in total. The van der Waals surface area contributed by atoms with Crippen molar-refractivity contribution in [1.29, 1.82) is 0 Å². The van der Waals surface area contributed by atoms with Crippen molar-refractivity contribution in [1.82, 2.24) is 0 Å². The minimum absolute atomic E-state index is 0.337. The molecule has 1 aromatic carbocycles. The molecule has 118 valence electrons. The van der Waals surface area contributed by atoms with Gasteiger partial charge in [-0.25, -0.2) is 0 Å². The van der Waals surface area contributed by atoms with Crippen LogP contribution in [0.15, 0.2) is 18.2 Å². The highest BCUT2D eigenvalue weighted by molar-refractivity contribution is 9.08. The van der Waals surface area contributed by atoms with E-state index in [0.29, 0.717) is 29.0 Å². The second kappa shape index (κ2) is 7.03. The van der Waals surface area contributed by atoms with Gasteiger partial charge in [-0.1, -0.05) is 35.3 Å². The van der Waals surface area contributed by atoms with E-state index in [4.69, 9.17) is 0 Å².